The van der Waals surface area contributed by atoms with Gasteiger partial charge >= 0.3 is 0 Å². The molecule has 0 saturated heterocycles. The number of benzene rings is 3. The Morgan fingerprint density at radius 2 is 1.62 bits per heavy atom. The number of amides is 1. The van der Waals surface area contributed by atoms with Crippen molar-refractivity contribution in [2.75, 3.05) is 38.4 Å². The summed E-state index contributed by atoms with van der Waals surface area (Å²) < 4.78 is 44.3. The first kappa shape index (κ1) is 28.2. The van der Waals surface area contributed by atoms with Gasteiger partial charge in [0.1, 0.15) is 12.3 Å². The van der Waals surface area contributed by atoms with Crippen molar-refractivity contribution in [1.82, 2.24) is 5.43 Å². The van der Waals surface area contributed by atoms with E-state index in [1.165, 1.54) is 57.9 Å². The topological polar surface area (TPSA) is 107 Å². The summed E-state index contributed by atoms with van der Waals surface area (Å²) in [4.78, 5) is 13.8. The Bertz CT molecular complexity index is 1380. The lowest BCUT2D eigenvalue weighted by Gasteiger charge is -2.25. The molecule has 9 nitrogen and oxygen atoms in total. The van der Waals surface area contributed by atoms with Gasteiger partial charge in [0.2, 0.25) is 0 Å². The van der Waals surface area contributed by atoms with Gasteiger partial charge in [-0.15, -0.1) is 11.8 Å². The van der Waals surface area contributed by atoms with Gasteiger partial charge in [-0.2, -0.15) is 5.10 Å². The molecular formula is C25H26ClN3O6S2. The van der Waals surface area contributed by atoms with E-state index in [1.807, 2.05) is 30.5 Å². The Kier molecular flexibility index (Phi) is 9.67. The number of sulfonamides is 1. The molecule has 3 aromatic rings. The van der Waals surface area contributed by atoms with Gasteiger partial charge in [-0.1, -0.05) is 23.7 Å². The van der Waals surface area contributed by atoms with Crippen LogP contribution in [0, 0.1) is 0 Å². The van der Waals surface area contributed by atoms with Gasteiger partial charge < -0.3 is 14.2 Å². The molecule has 0 heterocycles. The molecule has 37 heavy (non-hydrogen) atoms. The lowest BCUT2D eigenvalue weighted by atomic mass is 10.2. The number of nitrogens with one attached hydrogen (secondary N) is 1. The van der Waals surface area contributed by atoms with E-state index in [9.17, 15) is 13.2 Å². The van der Waals surface area contributed by atoms with E-state index in [4.69, 9.17) is 25.8 Å². The van der Waals surface area contributed by atoms with Crippen molar-refractivity contribution in [3.05, 3.63) is 71.2 Å². The van der Waals surface area contributed by atoms with Crippen LogP contribution in [0.4, 0.5) is 5.69 Å². The van der Waals surface area contributed by atoms with Crippen molar-refractivity contribution in [3.63, 3.8) is 0 Å². The molecule has 1 N–H and O–H groups in total. The molecular weight excluding hydrogens is 538 g/mol. The molecule has 0 fully saturated rings. The summed E-state index contributed by atoms with van der Waals surface area (Å²) in [5.41, 5.74) is 3.23. The Balaban J connectivity index is 1.95. The quantitative estimate of drug-likeness (QED) is 0.209. The summed E-state index contributed by atoms with van der Waals surface area (Å²) in [6, 6.07) is 16.2. The van der Waals surface area contributed by atoms with Crippen LogP contribution in [0.15, 0.2) is 75.6 Å². The fourth-order valence-electron chi connectivity index (χ4n) is 3.30. The number of ether oxygens (including phenoxy) is 3. The number of methoxy groups -OCH3 is 3. The smallest absolute Gasteiger partial charge is 0.265 e. The monoisotopic (exact) mass is 563 g/mol. The molecule has 3 aromatic carbocycles. The van der Waals surface area contributed by atoms with Crippen molar-refractivity contribution in [2.24, 2.45) is 5.10 Å². The number of hydrogen-bond donors (Lipinski definition) is 1. The molecule has 0 unspecified atom stereocenters. The highest BCUT2D eigenvalue weighted by atomic mass is 35.5. The fourth-order valence-corrected chi connectivity index (χ4v) is 5.31. The average Bonchev–Trinajstić information content (AvgIpc) is 2.91. The number of nitrogens with zero attached hydrogens (tertiary/aromatic N) is 2. The van der Waals surface area contributed by atoms with Gasteiger partial charge in [-0.25, -0.2) is 13.8 Å². The predicted molar refractivity (Wildman–Crippen MR) is 146 cm³/mol. The number of thioether (sulfide) groups is 1. The van der Waals surface area contributed by atoms with E-state index < -0.39 is 22.5 Å². The summed E-state index contributed by atoms with van der Waals surface area (Å²) in [5, 5.41) is 4.22. The minimum absolute atomic E-state index is 0.0802. The lowest BCUT2D eigenvalue weighted by Crippen LogP contribution is -2.39. The zero-order valence-electron chi connectivity index (χ0n) is 20.6. The first-order valence-corrected chi connectivity index (χ1v) is 13.8. The highest BCUT2D eigenvalue weighted by molar-refractivity contribution is 7.98. The number of halogens is 1. The first-order chi connectivity index (χ1) is 17.7. The van der Waals surface area contributed by atoms with E-state index in [0.717, 1.165) is 14.8 Å². The Morgan fingerprint density at radius 1 is 0.973 bits per heavy atom. The predicted octanol–water partition coefficient (Wildman–Crippen LogP) is 4.43. The first-order valence-electron chi connectivity index (χ1n) is 10.8. The SMILES string of the molecule is COc1ccc(S(=O)(=O)N(CC(=O)N/N=C\c2ccc(SC)cc2)c2cc(Cl)ccc2OC)cc1OC. The fraction of sp³-hybridized carbons (Fsp3) is 0.200. The number of hydrazone groups is 1. The molecule has 1 amide bonds. The highest BCUT2D eigenvalue weighted by Crippen LogP contribution is 2.36. The number of rotatable bonds is 11. The lowest BCUT2D eigenvalue weighted by molar-refractivity contribution is -0.119. The van der Waals surface area contributed by atoms with Gasteiger partial charge in [0.25, 0.3) is 15.9 Å². The summed E-state index contributed by atoms with van der Waals surface area (Å²) in [6.07, 6.45) is 3.44. The van der Waals surface area contributed by atoms with Crippen LogP contribution < -0.4 is 23.9 Å². The van der Waals surface area contributed by atoms with Crippen LogP contribution in [-0.2, 0) is 14.8 Å². The maximum Gasteiger partial charge on any atom is 0.265 e. The second-order valence-electron chi connectivity index (χ2n) is 7.41. The third kappa shape index (κ3) is 6.88. The van der Waals surface area contributed by atoms with E-state index >= 15 is 0 Å². The van der Waals surface area contributed by atoms with Gasteiger partial charge in [0.05, 0.1) is 38.1 Å². The second-order valence-corrected chi connectivity index (χ2v) is 10.6. The molecule has 0 aromatic heterocycles. The number of carbonyl (C=O) groups excluding carboxylic acids is 1. The van der Waals surface area contributed by atoms with Gasteiger partial charge in [0.15, 0.2) is 11.5 Å². The highest BCUT2D eigenvalue weighted by Gasteiger charge is 2.30. The third-order valence-electron chi connectivity index (χ3n) is 5.16. The normalized spacial score (nSPS) is 11.3. The summed E-state index contributed by atoms with van der Waals surface area (Å²) in [7, 11) is -0.0708. The maximum absolute atomic E-state index is 13.8. The largest absolute Gasteiger partial charge is 0.495 e. The van der Waals surface area contributed by atoms with Crippen molar-refractivity contribution < 1.29 is 27.4 Å². The standard InChI is InChI=1S/C25H26ClN3O6S2/c1-33-22-11-7-18(26)13-21(22)29(37(31,32)20-10-12-23(34-2)24(14-20)35-3)16-25(30)28-27-15-17-5-8-19(36-4)9-6-17/h5-15H,16H2,1-4H3,(H,28,30)/b27-15-. The number of carbonyl (C=O) groups is 1. The van der Waals surface area contributed by atoms with Crippen molar-refractivity contribution in [2.45, 2.75) is 9.79 Å². The molecule has 12 heteroatoms. The van der Waals surface area contributed by atoms with Crippen LogP contribution in [0.5, 0.6) is 17.2 Å². The maximum atomic E-state index is 13.8. The molecule has 0 aliphatic carbocycles. The van der Waals surface area contributed by atoms with Gasteiger partial charge in [-0.05, 0) is 54.3 Å². The van der Waals surface area contributed by atoms with Crippen LogP contribution in [0.25, 0.3) is 0 Å². The van der Waals surface area contributed by atoms with Gasteiger partial charge in [0, 0.05) is 16.0 Å². The number of anilines is 1. The Labute approximate surface area is 225 Å². The minimum Gasteiger partial charge on any atom is -0.495 e. The molecule has 0 radical (unpaired) electrons. The Morgan fingerprint density at radius 3 is 2.24 bits per heavy atom. The number of hydrogen-bond acceptors (Lipinski definition) is 8. The summed E-state index contributed by atoms with van der Waals surface area (Å²) in [5.74, 6) is 0.0933. The van der Waals surface area contributed by atoms with Crippen molar-refractivity contribution >= 4 is 51.2 Å². The van der Waals surface area contributed by atoms with Crippen molar-refractivity contribution in [3.8, 4) is 17.2 Å². The Hall–Kier alpha value is -3.41. The molecule has 196 valence electrons. The summed E-state index contributed by atoms with van der Waals surface area (Å²) in [6.45, 7) is -0.601. The zero-order chi connectivity index (χ0) is 27.0. The molecule has 3 rings (SSSR count). The van der Waals surface area contributed by atoms with Crippen LogP contribution in [0.3, 0.4) is 0 Å². The van der Waals surface area contributed by atoms with E-state index in [1.54, 1.807) is 17.8 Å². The molecule has 0 aliphatic heterocycles. The molecule has 0 spiro atoms. The zero-order valence-corrected chi connectivity index (χ0v) is 23.0. The van der Waals surface area contributed by atoms with Crippen molar-refractivity contribution in [1.29, 1.82) is 0 Å². The van der Waals surface area contributed by atoms with Gasteiger partial charge in [-0.3, -0.25) is 9.10 Å². The van der Waals surface area contributed by atoms with Crippen LogP contribution in [-0.4, -0.2) is 54.7 Å². The molecule has 0 atom stereocenters. The average molecular weight is 564 g/mol. The minimum atomic E-state index is -4.30. The molecule has 0 aliphatic rings. The van der Waals surface area contributed by atoms with E-state index in [2.05, 4.69) is 10.5 Å². The van der Waals surface area contributed by atoms with Crippen LogP contribution in [0.1, 0.15) is 5.56 Å². The van der Waals surface area contributed by atoms with Crippen LogP contribution >= 0.6 is 23.4 Å². The summed E-state index contributed by atoms with van der Waals surface area (Å²) >= 11 is 7.78. The molecule has 0 saturated carbocycles. The van der Waals surface area contributed by atoms with E-state index in [-0.39, 0.29) is 27.1 Å². The second kappa shape index (κ2) is 12.7. The van der Waals surface area contributed by atoms with E-state index in [0.29, 0.717) is 5.75 Å². The van der Waals surface area contributed by atoms with Crippen LogP contribution in [0.2, 0.25) is 5.02 Å². The molecule has 0 bridgehead atoms. The third-order valence-corrected chi connectivity index (χ3v) is 7.89.